The molecule has 0 amide bonds. The van der Waals surface area contributed by atoms with E-state index in [0.29, 0.717) is 29.9 Å². The summed E-state index contributed by atoms with van der Waals surface area (Å²) in [6.45, 7) is 3.93. The van der Waals surface area contributed by atoms with Gasteiger partial charge in [0.05, 0.1) is 10.6 Å². The van der Waals surface area contributed by atoms with Gasteiger partial charge in [-0.05, 0) is 55.8 Å². The molecule has 0 spiro atoms. The molecule has 1 saturated heterocycles. The quantitative estimate of drug-likeness (QED) is 0.748. The second kappa shape index (κ2) is 7.36. The van der Waals surface area contributed by atoms with Crippen LogP contribution in [0.3, 0.4) is 0 Å². The molecule has 144 valence electrons. The zero-order valence-corrected chi connectivity index (χ0v) is 15.9. The predicted molar refractivity (Wildman–Crippen MR) is 98.5 cm³/mol. The van der Waals surface area contributed by atoms with E-state index < -0.39 is 21.7 Å². The number of aryl methyl sites for hydroxylation is 1. The van der Waals surface area contributed by atoms with Crippen molar-refractivity contribution in [3.05, 3.63) is 59.2 Å². The first-order valence-electron chi connectivity index (χ1n) is 8.52. The first kappa shape index (κ1) is 19.4. The van der Waals surface area contributed by atoms with E-state index in [9.17, 15) is 22.0 Å². The Labute approximate surface area is 157 Å². The Kier molecular flexibility index (Phi) is 5.30. The summed E-state index contributed by atoms with van der Waals surface area (Å²) in [5.74, 6) is -1.21. The maximum absolute atomic E-state index is 14.3. The van der Waals surface area contributed by atoms with Crippen molar-refractivity contribution in [1.29, 1.82) is 0 Å². The smallest absolute Gasteiger partial charge is 0.243 e. The average molecular weight is 394 g/mol. The Hall–Kier alpha value is -2.32. The molecule has 2 aromatic carbocycles. The Morgan fingerprint density at radius 1 is 1.00 bits per heavy atom. The molecule has 0 unspecified atom stereocenters. The van der Waals surface area contributed by atoms with Crippen LogP contribution >= 0.6 is 0 Å². The summed E-state index contributed by atoms with van der Waals surface area (Å²) in [6.07, 6.45) is 0. The second-order valence-corrected chi connectivity index (χ2v) is 8.43. The molecule has 0 aromatic heterocycles. The summed E-state index contributed by atoms with van der Waals surface area (Å²) in [6, 6.07) is 7.89. The maximum Gasteiger partial charge on any atom is 0.243 e. The topological polar surface area (TPSA) is 57.7 Å². The number of halogens is 2. The van der Waals surface area contributed by atoms with Crippen LogP contribution in [0.15, 0.2) is 41.3 Å². The maximum atomic E-state index is 14.3. The molecular formula is C19H20F2N2O3S. The highest BCUT2D eigenvalue weighted by Gasteiger charge is 2.30. The fraction of sp³-hybridized carbons (Fsp3) is 0.316. The van der Waals surface area contributed by atoms with Crippen molar-refractivity contribution in [1.82, 2.24) is 4.31 Å². The molecule has 27 heavy (non-hydrogen) atoms. The number of Topliss-reactive ketones (excluding diaryl/α,β-unsaturated/α-hetero) is 1. The van der Waals surface area contributed by atoms with Gasteiger partial charge in [-0.1, -0.05) is 0 Å². The van der Waals surface area contributed by atoms with Gasteiger partial charge in [0, 0.05) is 31.7 Å². The van der Waals surface area contributed by atoms with Gasteiger partial charge in [-0.25, -0.2) is 17.2 Å². The van der Waals surface area contributed by atoms with Crippen molar-refractivity contribution in [3.8, 4) is 0 Å². The molecule has 0 radical (unpaired) electrons. The average Bonchev–Trinajstić information content (AvgIpc) is 2.61. The van der Waals surface area contributed by atoms with Crippen LogP contribution in [0.25, 0.3) is 0 Å². The van der Waals surface area contributed by atoms with Crippen molar-refractivity contribution >= 4 is 21.5 Å². The number of piperazine rings is 1. The van der Waals surface area contributed by atoms with E-state index in [2.05, 4.69) is 0 Å². The number of ketones is 1. The zero-order valence-electron chi connectivity index (χ0n) is 15.1. The standard InChI is InChI=1S/C19H20F2N2O3S/c1-13-11-16(20)4-6-19(13)27(25,26)23-9-7-22(8-10-23)18-5-3-15(14(2)24)12-17(18)21/h3-6,11-12H,7-10H2,1-2H3. The summed E-state index contributed by atoms with van der Waals surface area (Å²) in [5.41, 5.74) is 0.988. The van der Waals surface area contributed by atoms with Gasteiger partial charge in [-0.3, -0.25) is 4.79 Å². The summed E-state index contributed by atoms with van der Waals surface area (Å²) < 4.78 is 54.6. The third-order valence-electron chi connectivity index (χ3n) is 4.69. The highest BCUT2D eigenvalue weighted by atomic mass is 32.2. The van der Waals surface area contributed by atoms with Gasteiger partial charge >= 0.3 is 0 Å². The molecule has 5 nitrogen and oxygen atoms in total. The van der Waals surface area contributed by atoms with E-state index in [4.69, 9.17) is 0 Å². The van der Waals surface area contributed by atoms with Crippen LogP contribution in [-0.4, -0.2) is 44.7 Å². The van der Waals surface area contributed by atoms with E-state index in [0.717, 1.165) is 6.07 Å². The van der Waals surface area contributed by atoms with Crippen LogP contribution in [0, 0.1) is 18.6 Å². The first-order valence-corrected chi connectivity index (χ1v) is 9.96. The highest BCUT2D eigenvalue weighted by molar-refractivity contribution is 7.89. The molecule has 0 atom stereocenters. The van der Waals surface area contributed by atoms with Crippen LogP contribution in [0.2, 0.25) is 0 Å². The Bertz CT molecular complexity index is 984. The molecule has 0 saturated carbocycles. The Balaban J connectivity index is 1.76. The second-order valence-electron chi connectivity index (χ2n) is 6.52. The lowest BCUT2D eigenvalue weighted by Crippen LogP contribution is -2.49. The van der Waals surface area contributed by atoms with Crippen molar-refractivity contribution < 1.29 is 22.0 Å². The molecular weight excluding hydrogens is 374 g/mol. The molecule has 0 bridgehead atoms. The number of hydrogen-bond acceptors (Lipinski definition) is 4. The van der Waals surface area contributed by atoms with Gasteiger partial charge in [-0.15, -0.1) is 0 Å². The van der Waals surface area contributed by atoms with Crippen LogP contribution in [0.5, 0.6) is 0 Å². The molecule has 1 fully saturated rings. The van der Waals surface area contributed by atoms with Crippen molar-refractivity contribution in [2.24, 2.45) is 0 Å². The number of carbonyl (C=O) groups is 1. The minimum Gasteiger partial charge on any atom is -0.367 e. The van der Waals surface area contributed by atoms with Crippen molar-refractivity contribution in [2.45, 2.75) is 18.7 Å². The molecule has 1 aliphatic heterocycles. The van der Waals surface area contributed by atoms with Crippen LogP contribution in [-0.2, 0) is 10.0 Å². The lowest BCUT2D eigenvalue weighted by Gasteiger charge is -2.35. The van der Waals surface area contributed by atoms with Gasteiger partial charge in [0.25, 0.3) is 0 Å². The minimum atomic E-state index is -3.74. The predicted octanol–water partition coefficient (Wildman–Crippen LogP) is 2.99. The number of sulfonamides is 1. The third-order valence-corrected chi connectivity index (χ3v) is 6.75. The van der Waals surface area contributed by atoms with Gasteiger partial charge in [0.2, 0.25) is 10.0 Å². The first-order chi connectivity index (χ1) is 12.7. The molecule has 1 aliphatic rings. The molecule has 1 heterocycles. The largest absolute Gasteiger partial charge is 0.367 e. The van der Waals surface area contributed by atoms with E-state index in [1.165, 1.54) is 29.4 Å². The van der Waals surface area contributed by atoms with Crippen LogP contribution in [0.4, 0.5) is 14.5 Å². The normalized spacial score (nSPS) is 15.8. The monoisotopic (exact) mass is 394 g/mol. The van der Waals surface area contributed by atoms with Gasteiger partial charge < -0.3 is 4.90 Å². The van der Waals surface area contributed by atoms with Gasteiger partial charge in [0.15, 0.2) is 5.78 Å². The van der Waals surface area contributed by atoms with E-state index >= 15 is 0 Å². The summed E-state index contributed by atoms with van der Waals surface area (Å²) >= 11 is 0. The van der Waals surface area contributed by atoms with E-state index in [-0.39, 0.29) is 23.8 Å². The fourth-order valence-corrected chi connectivity index (χ4v) is 4.82. The molecule has 0 N–H and O–H groups in total. The lowest BCUT2D eigenvalue weighted by atomic mass is 10.1. The third kappa shape index (κ3) is 3.86. The zero-order chi connectivity index (χ0) is 19.8. The number of benzene rings is 2. The van der Waals surface area contributed by atoms with E-state index in [1.54, 1.807) is 24.0 Å². The number of nitrogens with zero attached hydrogens (tertiary/aromatic N) is 2. The van der Waals surface area contributed by atoms with Crippen molar-refractivity contribution in [2.75, 3.05) is 31.1 Å². The minimum absolute atomic E-state index is 0.0781. The SMILES string of the molecule is CC(=O)c1ccc(N2CCN(S(=O)(=O)c3ccc(F)cc3C)CC2)c(F)c1. The van der Waals surface area contributed by atoms with Crippen molar-refractivity contribution in [3.63, 3.8) is 0 Å². The Morgan fingerprint density at radius 3 is 2.22 bits per heavy atom. The van der Waals surface area contributed by atoms with E-state index in [1.807, 2.05) is 0 Å². The van der Waals surface area contributed by atoms with Gasteiger partial charge in [0.1, 0.15) is 11.6 Å². The highest BCUT2D eigenvalue weighted by Crippen LogP contribution is 2.26. The van der Waals surface area contributed by atoms with Crippen LogP contribution < -0.4 is 4.90 Å². The number of rotatable bonds is 4. The number of anilines is 1. The molecule has 8 heteroatoms. The number of hydrogen-bond donors (Lipinski definition) is 0. The molecule has 3 rings (SSSR count). The summed E-state index contributed by atoms with van der Waals surface area (Å²) in [7, 11) is -3.74. The fourth-order valence-electron chi connectivity index (χ4n) is 3.19. The summed E-state index contributed by atoms with van der Waals surface area (Å²) in [5, 5.41) is 0. The number of carbonyl (C=O) groups excluding carboxylic acids is 1. The van der Waals surface area contributed by atoms with Gasteiger partial charge in [-0.2, -0.15) is 4.31 Å². The van der Waals surface area contributed by atoms with Crippen LogP contribution in [0.1, 0.15) is 22.8 Å². The summed E-state index contributed by atoms with van der Waals surface area (Å²) in [4.78, 5) is 13.2. The molecule has 0 aliphatic carbocycles. The Morgan fingerprint density at radius 2 is 1.67 bits per heavy atom. The lowest BCUT2D eigenvalue weighted by molar-refractivity contribution is 0.101. The molecule has 2 aromatic rings.